The molecule has 1 aliphatic heterocycles. The number of nitrogens with zero attached hydrogens (tertiary/aromatic N) is 2. The minimum absolute atomic E-state index is 0.151. The molecule has 2 heterocycles. The zero-order valence-corrected chi connectivity index (χ0v) is 10.2. The fourth-order valence-corrected chi connectivity index (χ4v) is 2.17. The van der Waals surface area contributed by atoms with Crippen molar-refractivity contribution >= 4 is 15.9 Å². The zero-order valence-electron chi connectivity index (χ0n) is 8.56. The highest BCUT2D eigenvalue weighted by molar-refractivity contribution is 9.10. The van der Waals surface area contributed by atoms with Gasteiger partial charge in [0.25, 0.3) is 0 Å². The molecule has 0 aliphatic carbocycles. The molecule has 15 heavy (non-hydrogen) atoms. The fraction of sp³-hybridized carbons (Fsp3) is 0.545. The van der Waals surface area contributed by atoms with Crippen molar-refractivity contribution in [3.8, 4) is 0 Å². The fourth-order valence-electron chi connectivity index (χ4n) is 1.93. The van der Waals surface area contributed by atoms with Gasteiger partial charge in [-0.05, 0) is 46.9 Å². The average Bonchev–Trinajstić information content (AvgIpc) is 2.22. The lowest BCUT2D eigenvalue weighted by Crippen LogP contribution is -2.37. The number of aliphatic hydroxyl groups excluding tert-OH is 1. The van der Waals surface area contributed by atoms with Gasteiger partial charge in [0, 0.05) is 19.3 Å². The molecule has 4 heteroatoms. The lowest BCUT2D eigenvalue weighted by Gasteiger charge is -2.29. The number of halogens is 1. The molecule has 0 bridgehead atoms. The molecular weight excluding hydrogens is 256 g/mol. The number of aromatic nitrogens is 1. The number of β-amino-alcohol motifs (C(OH)–C–C–N with tert-alkyl or cyclic N) is 1. The Morgan fingerprint density at radius 3 is 3.07 bits per heavy atom. The van der Waals surface area contributed by atoms with Crippen molar-refractivity contribution < 1.29 is 5.11 Å². The van der Waals surface area contributed by atoms with E-state index in [-0.39, 0.29) is 6.10 Å². The van der Waals surface area contributed by atoms with Crippen molar-refractivity contribution in [1.29, 1.82) is 0 Å². The van der Waals surface area contributed by atoms with E-state index < -0.39 is 0 Å². The normalized spacial score (nSPS) is 22.9. The van der Waals surface area contributed by atoms with Gasteiger partial charge in [-0.15, -0.1) is 0 Å². The predicted molar refractivity (Wildman–Crippen MR) is 62.5 cm³/mol. The second-order valence-corrected chi connectivity index (χ2v) is 4.83. The van der Waals surface area contributed by atoms with Crippen LogP contribution in [-0.2, 0) is 6.54 Å². The maximum Gasteiger partial charge on any atom is 0.106 e. The molecule has 0 unspecified atom stereocenters. The van der Waals surface area contributed by atoms with E-state index in [2.05, 4.69) is 31.9 Å². The SMILES string of the molecule is O[C@@H]1CCCN(Cc2ccc(Br)nc2)C1. The second-order valence-electron chi connectivity index (χ2n) is 4.02. The predicted octanol–water partition coefficient (Wildman–Crippen LogP) is 1.80. The topological polar surface area (TPSA) is 36.4 Å². The Hall–Kier alpha value is -0.450. The van der Waals surface area contributed by atoms with Crippen LogP contribution in [0, 0.1) is 0 Å². The van der Waals surface area contributed by atoms with E-state index in [9.17, 15) is 5.11 Å². The monoisotopic (exact) mass is 270 g/mol. The van der Waals surface area contributed by atoms with Crippen LogP contribution in [0.1, 0.15) is 18.4 Å². The van der Waals surface area contributed by atoms with Crippen LogP contribution >= 0.6 is 15.9 Å². The van der Waals surface area contributed by atoms with Gasteiger partial charge in [0.05, 0.1) is 6.10 Å². The smallest absolute Gasteiger partial charge is 0.106 e. The van der Waals surface area contributed by atoms with E-state index in [1.807, 2.05) is 12.3 Å². The Morgan fingerprint density at radius 1 is 1.53 bits per heavy atom. The van der Waals surface area contributed by atoms with Crippen LogP contribution in [0.2, 0.25) is 0 Å². The molecule has 1 fully saturated rings. The Bertz CT molecular complexity index is 315. The summed E-state index contributed by atoms with van der Waals surface area (Å²) in [6, 6.07) is 4.02. The lowest BCUT2D eigenvalue weighted by atomic mass is 10.1. The van der Waals surface area contributed by atoms with Gasteiger partial charge in [0.15, 0.2) is 0 Å². The van der Waals surface area contributed by atoms with Crippen molar-refractivity contribution in [2.45, 2.75) is 25.5 Å². The Kier molecular flexibility index (Phi) is 3.72. The summed E-state index contributed by atoms with van der Waals surface area (Å²) >= 11 is 3.32. The van der Waals surface area contributed by atoms with Crippen molar-refractivity contribution in [2.24, 2.45) is 0 Å². The number of piperidine rings is 1. The van der Waals surface area contributed by atoms with Crippen molar-refractivity contribution in [1.82, 2.24) is 9.88 Å². The highest BCUT2D eigenvalue weighted by Gasteiger charge is 2.17. The van der Waals surface area contributed by atoms with Crippen molar-refractivity contribution in [3.05, 3.63) is 28.5 Å². The number of rotatable bonds is 2. The van der Waals surface area contributed by atoms with Gasteiger partial charge in [-0.25, -0.2) is 4.98 Å². The van der Waals surface area contributed by atoms with Gasteiger partial charge >= 0.3 is 0 Å². The van der Waals surface area contributed by atoms with Crippen LogP contribution in [0.25, 0.3) is 0 Å². The summed E-state index contributed by atoms with van der Waals surface area (Å²) in [6.07, 6.45) is 3.76. The van der Waals surface area contributed by atoms with Crippen LogP contribution in [0.3, 0.4) is 0 Å². The van der Waals surface area contributed by atoms with Crippen molar-refractivity contribution in [3.63, 3.8) is 0 Å². The second kappa shape index (κ2) is 5.05. The third kappa shape index (κ3) is 3.26. The van der Waals surface area contributed by atoms with Crippen LogP contribution in [0.4, 0.5) is 0 Å². The standard InChI is InChI=1S/C11H15BrN2O/c12-11-4-3-9(6-13-11)7-14-5-1-2-10(15)8-14/h3-4,6,10,15H,1-2,5,7-8H2/t10-/m1/s1. The molecule has 0 aromatic carbocycles. The van der Waals surface area contributed by atoms with Gasteiger partial charge in [-0.1, -0.05) is 6.07 Å². The summed E-state index contributed by atoms with van der Waals surface area (Å²) in [5.74, 6) is 0. The maximum absolute atomic E-state index is 9.54. The molecule has 82 valence electrons. The molecule has 1 aliphatic rings. The number of likely N-dealkylation sites (tertiary alicyclic amines) is 1. The Morgan fingerprint density at radius 2 is 2.40 bits per heavy atom. The summed E-state index contributed by atoms with van der Waals surface area (Å²) in [6.45, 7) is 2.75. The molecule has 1 aromatic heterocycles. The molecule has 0 saturated carbocycles. The van der Waals surface area contributed by atoms with Crippen molar-refractivity contribution in [2.75, 3.05) is 13.1 Å². The van der Waals surface area contributed by atoms with Gasteiger partial charge in [-0.3, -0.25) is 4.90 Å². The van der Waals surface area contributed by atoms with E-state index in [0.717, 1.165) is 37.1 Å². The Labute approximate surface area is 98.3 Å². The van der Waals surface area contributed by atoms with Crippen LogP contribution in [0.15, 0.2) is 22.9 Å². The number of hydrogen-bond donors (Lipinski definition) is 1. The highest BCUT2D eigenvalue weighted by Crippen LogP contribution is 2.14. The summed E-state index contributed by atoms with van der Waals surface area (Å²) < 4.78 is 0.866. The third-order valence-electron chi connectivity index (χ3n) is 2.68. The van der Waals surface area contributed by atoms with E-state index in [4.69, 9.17) is 0 Å². The largest absolute Gasteiger partial charge is 0.392 e. The first-order valence-corrected chi connectivity index (χ1v) is 6.04. The van der Waals surface area contributed by atoms with E-state index in [1.165, 1.54) is 5.56 Å². The van der Waals surface area contributed by atoms with Gasteiger partial charge in [0.1, 0.15) is 4.60 Å². The van der Waals surface area contributed by atoms with Gasteiger partial charge in [-0.2, -0.15) is 0 Å². The highest BCUT2D eigenvalue weighted by atomic mass is 79.9. The third-order valence-corrected chi connectivity index (χ3v) is 3.14. The molecule has 3 nitrogen and oxygen atoms in total. The van der Waals surface area contributed by atoms with Gasteiger partial charge < -0.3 is 5.11 Å². The molecule has 0 spiro atoms. The van der Waals surface area contributed by atoms with E-state index >= 15 is 0 Å². The van der Waals surface area contributed by atoms with Crippen LogP contribution < -0.4 is 0 Å². The number of pyridine rings is 1. The summed E-state index contributed by atoms with van der Waals surface area (Å²) in [5, 5.41) is 9.54. The Balaban J connectivity index is 1.93. The number of hydrogen-bond acceptors (Lipinski definition) is 3. The van der Waals surface area contributed by atoms with Crippen LogP contribution in [0.5, 0.6) is 0 Å². The first kappa shape index (κ1) is 11.0. The molecule has 1 atom stereocenters. The number of aliphatic hydroxyl groups is 1. The van der Waals surface area contributed by atoms with E-state index in [1.54, 1.807) is 0 Å². The molecule has 2 rings (SSSR count). The molecule has 1 saturated heterocycles. The minimum atomic E-state index is -0.151. The molecule has 0 amide bonds. The molecular formula is C11H15BrN2O. The van der Waals surface area contributed by atoms with Gasteiger partial charge in [0.2, 0.25) is 0 Å². The summed E-state index contributed by atoms with van der Waals surface area (Å²) in [4.78, 5) is 6.47. The van der Waals surface area contributed by atoms with Crippen LogP contribution in [-0.4, -0.2) is 34.2 Å². The first-order chi connectivity index (χ1) is 7.24. The maximum atomic E-state index is 9.54. The lowest BCUT2D eigenvalue weighted by molar-refractivity contribution is 0.0668. The first-order valence-electron chi connectivity index (χ1n) is 5.25. The quantitative estimate of drug-likeness (QED) is 0.833. The zero-order chi connectivity index (χ0) is 10.7. The summed E-state index contributed by atoms with van der Waals surface area (Å²) in [7, 11) is 0. The minimum Gasteiger partial charge on any atom is -0.392 e. The molecule has 0 radical (unpaired) electrons. The van der Waals surface area contributed by atoms with E-state index in [0.29, 0.717) is 0 Å². The average molecular weight is 271 g/mol. The summed E-state index contributed by atoms with van der Waals surface area (Å²) in [5.41, 5.74) is 1.20. The molecule has 1 aromatic rings. The molecule has 1 N–H and O–H groups in total.